The van der Waals surface area contributed by atoms with Crippen LogP contribution in [0.1, 0.15) is 32.6 Å². The molecule has 3 aromatic rings. The lowest BCUT2D eigenvalue weighted by molar-refractivity contribution is -0.161. The lowest BCUT2D eigenvalue weighted by atomic mass is 10.1. The van der Waals surface area contributed by atoms with Gasteiger partial charge in [-0.1, -0.05) is 30.3 Å². The van der Waals surface area contributed by atoms with E-state index in [2.05, 4.69) is 20.3 Å². The van der Waals surface area contributed by atoms with E-state index in [1.54, 1.807) is 45.0 Å². The number of carbonyl (C=O) groups is 2. The molecule has 0 spiro atoms. The average molecular weight is 515 g/mol. The Morgan fingerprint density at radius 1 is 1.22 bits per heavy atom. The average Bonchev–Trinajstić information content (AvgIpc) is 3.40. The Morgan fingerprint density at radius 3 is 2.62 bits per heavy atom. The van der Waals surface area contributed by atoms with Gasteiger partial charge in [-0.2, -0.15) is 0 Å². The van der Waals surface area contributed by atoms with Gasteiger partial charge in [0.25, 0.3) is 0 Å². The summed E-state index contributed by atoms with van der Waals surface area (Å²) in [6.45, 7) is 4.58. The summed E-state index contributed by atoms with van der Waals surface area (Å²) in [6, 6.07) is 7.90. The van der Waals surface area contributed by atoms with E-state index in [1.807, 2.05) is 6.07 Å². The number of aliphatic hydroxyl groups is 2. The van der Waals surface area contributed by atoms with Crippen molar-refractivity contribution < 1.29 is 34.0 Å². The number of ether oxygens (including phenoxy) is 3. The fraction of sp³-hybridized carbons (Fsp3) is 0.458. The molecule has 1 fully saturated rings. The number of fused-ring (bicyclic) bond motifs is 1. The standard InChI is InChI=1S/C24H30N6O7/c1-24(2,3)37-23(34)29-14(9-13-7-5-4-6-8-13)22(33)36-18-17(32)15(10-31)35-21(18)30-12-28-16-19(25)26-11-27-20(16)30/h4-8,11-12,14-15,17-18,21,31-32H,9-10H2,1-3H3,(H,29,34)(H2,25,26,27)/t14-,15+,17+,18+,21+/m0/s1. The molecule has 0 saturated carbocycles. The number of anilines is 1. The van der Waals surface area contributed by atoms with E-state index >= 15 is 0 Å². The molecule has 198 valence electrons. The summed E-state index contributed by atoms with van der Waals surface area (Å²) in [5.41, 5.74) is 6.44. The minimum Gasteiger partial charge on any atom is -0.453 e. The number of alkyl carbamates (subject to hydrolysis) is 1. The molecule has 5 N–H and O–H groups in total. The molecule has 1 aromatic carbocycles. The van der Waals surface area contributed by atoms with E-state index in [4.69, 9.17) is 19.9 Å². The maximum atomic E-state index is 13.4. The van der Waals surface area contributed by atoms with Crippen molar-refractivity contribution in [1.82, 2.24) is 24.8 Å². The molecule has 0 radical (unpaired) electrons. The first-order valence-electron chi connectivity index (χ1n) is 11.7. The largest absolute Gasteiger partial charge is 0.453 e. The van der Waals surface area contributed by atoms with E-state index in [0.717, 1.165) is 5.56 Å². The summed E-state index contributed by atoms with van der Waals surface area (Å²) in [7, 11) is 0. The highest BCUT2D eigenvalue weighted by Gasteiger charge is 2.48. The number of rotatable bonds is 7. The van der Waals surface area contributed by atoms with Gasteiger partial charge < -0.3 is 35.5 Å². The Kier molecular flexibility index (Phi) is 7.57. The van der Waals surface area contributed by atoms with Gasteiger partial charge in [-0.15, -0.1) is 0 Å². The van der Waals surface area contributed by atoms with Crippen molar-refractivity contribution in [3.8, 4) is 0 Å². The van der Waals surface area contributed by atoms with E-state index < -0.39 is 54.9 Å². The molecular formula is C24H30N6O7. The first-order valence-corrected chi connectivity index (χ1v) is 11.7. The number of hydrogen-bond acceptors (Lipinski definition) is 11. The van der Waals surface area contributed by atoms with Crippen LogP contribution in [-0.2, 0) is 25.4 Å². The smallest absolute Gasteiger partial charge is 0.408 e. The second-order valence-electron chi connectivity index (χ2n) is 9.61. The van der Waals surface area contributed by atoms with Crippen LogP contribution in [0.3, 0.4) is 0 Å². The third kappa shape index (κ3) is 5.96. The Bertz CT molecular complexity index is 1250. The molecule has 1 aliphatic heterocycles. The van der Waals surface area contributed by atoms with Crippen LogP contribution in [0.5, 0.6) is 0 Å². The Morgan fingerprint density at radius 2 is 1.95 bits per heavy atom. The second-order valence-corrected chi connectivity index (χ2v) is 9.61. The molecular weight excluding hydrogens is 484 g/mol. The number of nitrogen functional groups attached to an aromatic ring is 1. The van der Waals surface area contributed by atoms with E-state index in [1.165, 1.54) is 17.2 Å². The van der Waals surface area contributed by atoms with Gasteiger partial charge in [0, 0.05) is 6.42 Å². The van der Waals surface area contributed by atoms with Crippen LogP contribution in [0.25, 0.3) is 11.2 Å². The van der Waals surface area contributed by atoms with Crippen molar-refractivity contribution in [3.05, 3.63) is 48.5 Å². The second kappa shape index (κ2) is 10.7. The van der Waals surface area contributed by atoms with Gasteiger partial charge >= 0.3 is 12.1 Å². The molecule has 0 aliphatic carbocycles. The Hall–Kier alpha value is -3.81. The number of nitrogens with zero attached hydrogens (tertiary/aromatic N) is 4. The highest BCUT2D eigenvalue weighted by atomic mass is 16.6. The topological polar surface area (TPSA) is 184 Å². The zero-order chi connectivity index (χ0) is 26.7. The van der Waals surface area contributed by atoms with E-state index in [-0.39, 0.29) is 17.9 Å². The maximum Gasteiger partial charge on any atom is 0.408 e. The van der Waals surface area contributed by atoms with Crippen LogP contribution < -0.4 is 11.1 Å². The summed E-state index contributed by atoms with van der Waals surface area (Å²) >= 11 is 0. The predicted octanol–water partition coefficient (Wildman–Crippen LogP) is 0.707. The van der Waals surface area contributed by atoms with Crippen molar-refractivity contribution in [2.45, 2.75) is 63.4 Å². The minimum absolute atomic E-state index is 0.106. The maximum absolute atomic E-state index is 13.4. The number of hydrogen-bond donors (Lipinski definition) is 4. The summed E-state index contributed by atoms with van der Waals surface area (Å²) in [4.78, 5) is 38.2. The number of nitrogens with one attached hydrogen (secondary N) is 1. The fourth-order valence-electron chi connectivity index (χ4n) is 3.99. The first-order chi connectivity index (χ1) is 17.6. The summed E-state index contributed by atoms with van der Waals surface area (Å²) < 4.78 is 18.3. The summed E-state index contributed by atoms with van der Waals surface area (Å²) in [5, 5.41) is 23.1. The summed E-state index contributed by atoms with van der Waals surface area (Å²) in [6.07, 6.45) is -2.87. The number of benzene rings is 1. The molecule has 1 saturated heterocycles. The zero-order valence-corrected chi connectivity index (χ0v) is 20.6. The molecule has 2 aromatic heterocycles. The molecule has 0 bridgehead atoms. The van der Waals surface area contributed by atoms with Gasteiger partial charge in [0.05, 0.1) is 12.9 Å². The monoisotopic (exact) mass is 514 g/mol. The number of esters is 1. The number of nitrogens with two attached hydrogens (primary N) is 1. The molecule has 37 heavy (non-hydrogen) atoms. The van der Waals surface area contributed by atoms with Crippen LogP contribution in [-0.4, -0.2) is 78.4 Å². The highest BCUT2D eigenvalue weighted by Crippen LogP contribution is 2.34. The van der Waals surface area contributed by atoms with Gasteiger partial charge in [-0.25, -0.2) is 24.5 Å². The molecule has 4 rings (SSSR count). The van der Waals surface area contributed by atoms with Crippen LogP contribution in [0.4, 0.5) is 10.6 Å². The Labute approximate surface area is 212 Å². The molecule has 1 amide bonds. The number of aromatic nitrogens is 4. The quantitative estimate of drug-likeness (QED) is 0.326. The van der Waals surface area contributed by atoms with Gasteiger partial charge in [0.15, 0.2) is 23.8 Å². The highest BCUT2D eigenvalue weighted by molar-refractivity contribution is 5.82. The number of imidazole rings is 1. The van der Waals surface area contributed by atoms with E-state index in [0.29, 0.717) is 5.52 Å². The molecule has 13 nitrogen and oxygen atoms in total. The van der Waals surface area contributed by atoms with Crippen molar-refractivity contribution in [2.24, 2.45) is 0 Å². The Balaban J connectivity index is 1.60. The van der Waals surface area contributed by atoms with Crippen LogP contribution in [0.2, 0.25) is 0 Å². The van der Waals surface area contributed by atoms with Crippen LogP contribution in [0.15, 0.2) is 43.0 Å². The summed E-state index contributed by atoms with van der Waals surface area (Å²) in [5.74, 6) is -0.691. The third-order valence-electron chi connectivity index (χ3n) is 5.66. The van der Waals surface area contributed by atoms with Crippen molar-refractivity contribution in [2.75, 3.05) is 12.3 Å². The molecule has 5 atom stereocenters. The van der Waals surface area contributed by atoms with Gasteiger partial charge in [0.1, 0.15) is 35.7 Å². The van der Waals surface area contributed by atoms with Gasteiger partial charge in [-0.3, -0.25) is 4.57 Å². The minimum atomic E-state index is -1.38. The zero-order valence-electron chi connectivity index (χ0n) is 20.6. The number of aliphatic hydroxyl groups excluding tert-OH is 2. The fourth-order valence-corrected chi connectivity index (χ4v) is 3.99. The van der Waals surface area contributed by atoms with Crippen LogP contribution in [0, 0.1) is 0 Å². The van der Waals surface area contributed by atoms with Gasteiger partial charge in [0.2, 0.25) is 0 Å². The lowest BCUT2D eigenvalue weighted by Gasteiger charge is -2.26. The van der Waals surface area contributed by atoms with Crippen molar-refractivity contribution in [1.29, 1.82) is 0 Å². The first kappa shape index (κ1) is 26.3. The number of carbonyl (C=O) groups excluding carboxylic acids is 2. The van der Waals surface area contributed by atoms with E-state index in [9.17, 15) is 19.8 Å². The van der Waals surface area contributed by atoms with Crippen LogP contribution >= 0.6 is 0 Å². The molecule has 13 heteroatoms. The SMILES string of the molecule is CC(C)(C)OC(=O)N[C@@H](Cc1ccccc1)C(=O)O[C@@H]1[C@H](O)[C@@H](CO)O[C@H]1n1cnc2c(N)ncnc21. The lowest BCUT2D eigenvalue weighted by Crippen LogP contribution is -2.48. The molecule has 0 unspecified atom stereocenters. The van der Waals surface area contributed by atoms with Crippen molar-refractivity contribution in [3.63, 3.8) is 0 Å². The molecule has 1 aliphatic rings. The van der Waals surface area contributed by atoms with Crippen molar-refractivity contribution >= 4 is 29.0 Å². The predicted molar refractivity (Wildman–Crippen MR) is 130 cm³/mol. The normalized spacial score (nSPS) is 22.5. The van der Waals surface area contributed by atoms with Gasteiger partial charge in [-0.05, 0) is 26.3 Å². The number of amides is 1. The third-order valence-corrected chi connectivity index (χ3v) is 5.66. The molecule has 3 heterocycles.